The second-order valence-electron chi connectivity index (χ2n) is 4.66. The standard InChI is InChI=1S/C15H18F2N2/c1-3-7-19-8-6-12(10-19)9-18-15-13(16)5-4-11(2)14(15)17/h4-6,8,10,18H,3,7,9H2,1-2H3. The molecule has 0 unspecified atom stereocenters. The number of anilines is 1. The van der Waals surface area contributed by atoms with Crippen molar-refractivity contribution in [3.8, 4) is 0 Å². The fraction of sp³-hybridized carbons (Fsp3) is 0.333. The second-order valence-corrected chi connectivity index (χ2v) is 4.66. The molecule has 0 bridgehead atoms. The van der Waals surface area contributed by atoms with Crippen LogP contribution in [0, 0.1) is 18.6 Å². The van der Waals surface area contributed by atoms with Crippen LogP contribution in [-0.4, -0.2) is 4.57 Å². The van der Waals surface area contributed by atoms with E-state index in [2.05, 4.69) is 16.8 Å². The van der Waals surface area contributed by atoms with Crippen LogP contribution in [0.2, 0.25) is 0 Å². The normalized spacial score (nSPS) is 10.7. The highest BCUT2D eigenvalue weighted by molar-refractivity contribution is 5.49. The second kappa shape index (κ2) is 5.87. The number of hydrogen-bond acceptors (Lipinski definition) is 1. The summed E-state index contributed by atoms with van der Waals surface area (Å²) in [4.78, 5) is 0. The van der Waals surface area contributed by atoms with Crippen LogP contribution in [0.25, 0.3) is 0 Å². The fourth-order valence-electron chi connectivity index (χ4n) is 2.00. The largest absolute Gasteiger partial charge is 0.376 e. The molecule has 0 saturated heterocycles. The number of benzene rings is 1. The lowest BCUT2D eigenvalue weighted by Crippen LogP contribution is -2.04. The van der Waals surface area contributed by atoms with Crippen molar-refractivity contribution in [1.82, 2.24) is 4.57 Å². The number of halogens is 2. The van der Waals surface area contributed by atoms with Gasteiger partial charge in [0, 0.05) is 25.5 Å². The SMILES string of the molecule is CCCn1ccc(CNc2c(F)ccc(C)c2F)c1. The predicted molar refractivity (Wildman–Crippen MR) is 73.1 cm³/mol. The molecule has 102 valence electrons. The monoisotopic (exact) mass is 264 g/mol. The molecule has 2 rings (SSSR count). The van der Waals surface area contributed by atoms with Crippen LogP contribution >= 0.6 is 0 Å². The van der Waals surface area contributed by atoms with Gasteiger partial charge in [0.2, 0.25) is 0 Å². The molecule has 2 aromatic rings. The highest BCUT2D eigenvalue weighted by Gasteiger charge is 2.11. The van der Waals surface area contributed by atoms with E-state index in [-0.39, 0.29) is 5.69 Å². The summed E-state index contributed by atoms with van der Waals surface area (Å²) in [7, 11) is 0. The molecule has 0 aliphatic carbocycles. The van der Waals surface area contributed by atoms with E-state index in [9.17, 15) is 8.78 Å². The summed E-state index contributed by atoms with van der Waals surface area (Å²) >= 11 is 0. The molecule has 1 heterocycles. The van der Waals surface area contributed by atoms with Gasteiger partial charge in [-0.3, -0.25) is 0 Å². The minimum Gasteiger partial charge on any atom is -0.376 e. The Kier molecular flexibility index (Phi) is 4.20. The maximum absolute atomic E-state index is 13.8. The summed E-state index contributed by atoms with van der Waals surface area (Å²) in [6, 6.07) is 4.67. The van der Waals surface area contributed by atoms with Gasteiger partial charge in [0.05, 0.1) is 0 Å². The third-order valence-corrected chi connectivity index (χ3v) is 3.05. The lowest BCUT2D eigenvalue weighted by atomic mass is 10.2. The van der Waals surface area contributed by atoms with Gasteiger partial charge >= 0.3 is 0 Å². The number of hydrogen-bond donors (Lipinski definition) is 1. The summed E-state index contributed by atoms with van der Waals surface area (Å²) in [5, 5.41) is 2.83. The van der Waals surface area contributed by atoms with E-state index in [1.165, 1.54) is 12.1 Å². The first-order valence-electron chi connectivity index (χ1n) is 6.45. The van der Waals surface area contributed by atoms with Gasteiger partial charge in [0.15, 0.2) is 5.82 Å². The molecule has 19 heavy (non-hydrogen) atoms. The van der Waals surface area contributed by atoms with Gasteiger partial charge in [-0.1, -0.05) is 13.0 Å². The Hall–Kier alpha value is -1.84. The van der Waals surface area contributed by atoms with E-state index >= 15 is 0 Å². The summed E-state index contributed by atoms with van der Waals surface area (Å²) in [6.07, 6.45) is 5.02. The molecule has 0 spiro atoms. The van der Waals surface area contributed by atoms with Gasteiger partial charge in [-0.05, 0) is 36.6 Å². The molecule has 0 fully saturated rings. The Bertz CT molecular complexity index is 561. The van der Waals surface area contributed by atoms with Crippen molar-refractivity contribution in [3.63, 3.8) is 0 Å². The number of nitrogens with zero attached hydrogens (tertiary/aromatic N) is 1. The van der Waals surface area contributed by atoms with Crippen LogP contribution in [0.3, 0.4) is 0 Å². The van der Waals surface area contributed by atoms with Gasteiger partial charge in [0.1, 0.15) is 11.5 Å². The first-order chi connectivity index (χ1) is 9.11. The number of nitrogens with one attached hydrogen (secondary N) is 1. The molecule has 1 N–H and O–H groups in total. The molecule has 0 amide bonds. The Balaban J connectivity index is 2.07. The first kappa shape index (κ1) is 13.6. The molecule has 0 radical (unpaired) electrons. The molecular formula is C15H18F2N2. The Labute approximate surface area is 112 Å². The zero-order valence-electron chi connectivity index (χ0n) is 11.2. The topological polar surface area (TPSA) is 17.0 Å². The minimum atomic E-state index is -0.559. The lowest BCUT2D eigenvalue weighted by molar-refractivity contribution is 0.582. The number of aromatic nitrogens is 1. The Morgan fingerprint density at radius 2 is 2.00 bits per heavy atom. The van der Waals surface area contributed by atoms with E-state index in [0.717, 1.165) is 18.5 Å². The molecule has 0 aliphatic rings. The quantitative estimate of drug-likeness (QED) is 0.860. The van der Waals surface area contributed by atoms with Gasteiger partial charge in [-0.2, -0.15) is 0 Å². The molecule has 0 aliphatic heterocycles. The maximum Gasteiger partial charge on any atom is 0.152 e. The van der Waals surface area contributed by atoms with Crippen LogP contribution in [0.4, 0.5) is 14.5 Å². The molecule has 2 nitrogen and oxygen atoms in total. The summed E-state index contributed by atoms with van der Waals surface area (Å²) in [5.41, 5.74) is 1.39. The number of rotatable bonds is 5. The van der Waals surface area contributed by atoms with E-state index in [0.29, 0.717) is 12.1 Å². The zero-order chi connectivity index (χ0) is 13.8. The third kappa shape index (κ3) is 3.13. The van der Waals surface area contributed by atoms with Crippen LogP contribution in [0.5, 0.6) is 0 Å². The van der Waals surface area contributed by atoms with Gasteiger partial charge < -0.3 is 9.88 Å². The minimum absolute atomic E-state index is 0.0526. The van der Waals surface area contributed by atoms with Crippen molar-refractivity contribution < 1.29 is 8.78 Å². The number of aryl methyl sites for hydroxylation is 2. The van der Waals surface area contributed by atoms with Gasteiger partial charge in [-0.15, -0.1) is 0 Å². The maximum atomic E-state index is 13.8. The van der Waals surface area contributed by atoms with Crippen molar-refractivity contribution >= 4 is 5.69 Å². The average molecular weight is 264 g/mol. The first-order valence-corrected chi connectivity index (χ1v) is 6.45. The zero-order valence-corrected chi connectivity index (χ0v) is 11.2. The average Bonchev–Trinajstić information content (AvgIpc) is 2.82. The molecule has 1 aromatic heterocycles. The highest BCUT2D eigenvalue weighted by Crippen LogP contribution is 2.22. The summed E-state index contributed by atoms with van der Waals surface area (Å²) in [6.45, 7) is 5.09. The van der Waals surface area contributed by atoms with Crippen LogP contribution in [-0.2, 0) is 13.1 Å². The summed E-state index contributed by atoms with van der Waals surface area (Å²) in [5.74, 6) is -1.08. The van der Waals surface area contributed by atoms with E-state index in [4.69, 9.17) is 0 Å². The van der Waals surface area contributed by atoms with Gasteiger partial charge in [-0.25, -0.2) is 8.78 Å². The van der Waals surface area contributed by atoms with Crippen LogP contribution in [0.1, 0.15) is 24.5 Å². The molecular weight excluding hydrogens is 246 g/mol. The van der Waals surface area contributed by atoms with Crippen molar-refractivity contribution in [1.29, 1.82) is 0 Å². The van der Waals surface area contributed by atoms with Crippen LogP contribution in [0.15, 0.2) is 30.6 Å². The van der Waals surface area contributed by atoms with Crippen molar-refractivity contribution in [2.24, 2.45) is 0 Å². The van der Waals surface area contributed by atoms with Crippen LogP contribution < -0.4 is 5.32 Å². The van der Waals surface area contributed by atoms with Crippen molar-refractivity contribution in [3.05, 3.63) is 53.4 Å². The predicted octanol–water partition coefficient (Wildman–Crippen LogP) is 4.10. The van der Waals surface area contributed by atoms with E-state index < -0.39 is 11.6 Å². The highest BCUT2D eigenvalue weighted by atomic mass is 19.1. The Morgan fingerprint density at radius 1 is 1.21 bits per heavy atom. The van der Waals surface area contributed by atoms with E-state index in [1.54, 1.807) is 6.92 Å². The lowest BCUT2D eigenvalue weighted by Gasteiger charge is -2.09. The van der Waals surface area contributed by atoms with Gasteiger partial charge in [0.25, 0.3) is 0 Å². The Morgan fingerprint density at radius 3 is 2.74 bits per heavy atom. The van der Waals surface area contributed by atoms with E-state index in [1.807, 2.05) is 18.5 Å². The molecule has 1 aromatic carbocycles. The summed E-state index contributed by atoms with van der Waals surface area (Å²) < 4.78 is 29.4. The van der Waals surface area contributed by atoms with Crippen molar-refractivity contribution in [2.45, 2.75) is 33.4 Å². The molecule has 4 heteroatoms. The fourth-order valence-corrected chi connectivity index (χ4v) is 2.00. The third-order valence-electron chi connectivity index (χ3n) is 3.05. The molecule has 0 atom stereocenters. The smallest absolute Gasteiger partial charge is 0.152 e. The van der Waals surface area contributed by atoms with Crippen molar-refractivity contribution in [2.75, 3.05) is 5.32 Å². The molecule has 0 saturated carbocycles.